The second kappa shape index (κ2) is 8.30. The van der Waals surface area contributed by atoms with Crippen LogP contribution in [0.4, 0.5) is 4.79 Å². The Bertz CT molecular complexity index is 332. The van der Waals surface area contributed by atoms with Gasteiger partial charge in [-0.25, -0.2) is 9.59 Å². The second-order valence-corrected chi connectivity index (χ2v) is 4.45. The lowest BCUT2D eigenvalue weighted by Crippen LogP contribution is -2.50. The monoisotopic (exact) mass is 275 g/mol. The molecule has 0 fully saturated rings. The van der Waals surface area contributed by atoms with Crippen LogP contribution in [0.25, 0.3) is 0 Å². The number of aliphatic carboxylic acids is 1. The Hall–Kier alpha value is -1.83. The van der Waals surface area contributed by atoms with Crippen LogP contribution in [0.3, 0.4) is 0 Å². The molecule has 2 atom stereocenters. The highest BCUT2D eigenvalue weighted by atomic mass is 16.5. The van der Waals surface area contributed by atoms with Crippen LogP contribution < -0.4 is 10.6 Å². The number of hydrogen-bond acceptors (Lipinski definition) is 5. The zero-order valence-electron chi connectivity index (χ0n) is 11.6. The van der Waals surface area contributed by atoms with E-state index in [0.717, 1.165) is 7.11 Å². The van der Waals surface area contributed by atoms with Crippen LogP contribution in [-0.2, 0) is 14.3 Å². The first-order valence-electron chi connectivity index (χ1n) is 5.77. The van der Waals surface area contributed by atoms with Gasteiger partial charge in [0.25, 0.3) is 0 Å². The number of carboxylic acids is 1. The average Bonchev–Trinajstić information content (AvgIpc) is 2.26. The number of likely N-dealkylation sites (N-methyl/N-ethyl adjacent to an activating group) is 1. The molecule has 19 heavy (non-hydrogen) atoms. The number of amides is 2. The molecule has 110 valence electrons. The number of carboxylic acid groups (broad SMARTS) is 1. The number of nitrogens with zero attached hydrogens (tertiary/aromatic N) is 1. The molecule has 0 aromatic carbocycles. The topological polar surface area (TPSA) is 108 Å². The molecule has 8 heteroatoms. The highest BCUT2D eigenvalue weighted by molar-refractivity contribution is 5.86. The summed E-state index contributed by atoms with van der Waals surface area (Å²) in [6, 6.07) is -2.09. The quantitative estimate of drug-likeness (QED) is 0.528. The number of carbonyl (C=O) groups excluding carboxylic acids is 2. The van der Waals surface area contributed by atoms with E-state index in [2.05, 4.69) is 15.4 Å². The summed E-state index contributed by atoms with van der Waals surface area (Å²) in [5.74, 6) is -1.99. The maximum Gasteiger partial charge on any atom is 0.326 e. The van der Waals surface area contributed by atoms with Crippen LogP contribution in [-0.4, -0.2) is 67.8 Å². The predicted octanol–water partition coefficient (Wildman–Crippen LogP) is -0.748. The molecule has 0 aromatic rings. The minimum absolute atomic E-state index is 0.150. The minimum Gasteiger partial charge on any atom is -0.480 e. The van der Waals surface area contributed by atoms with Crippen LogP contribution in [0.2, 0.25) is 0 Å². The SMILES string of the molecule is COC(=O)C[C@H](NC(=O)NC(C)CN(C)C)C(=O)O. The fourth-order valence-electron chi connectivity index (χ4n) is 1.47. The number of carbonyl (C=O) groups is 3. The van der Waals surface area contributed by atoms with Gasteiger partial charge in [0.2, 0.25) is 0 Å². The molecular formula is C11H21N3O5. The molecule has 0 aliphatic carbocycles. The van der Waals surface area contributed by atoms with Crippen molar-refractivity contribution >= 4 is 18.0 Å². The molecule has 8 nitrogen and oxygen atoms in total. The van der Waals surface area contributed by atoms with Gasteiger partial charge in [0.05, 0.1) is 13.5 Å². The molecule has 0 heterocycles. The van der Waals surface area contributed by atoms with Gasteiger partial charge >= 0.3 is 18.0 Å². The summed E-state index contributed by atoms with van der Waals surface area (Å²) in [6.45, 7) is 2.40. The Morgan fingerprint density at radius 3 is 2.26 bits per heavy atom. The van der Waals surface area contributed by atoms with Crippen molar-refractivity contribution in [3.8, 4) is 0 Å². The molecule has 0 aromatic heterocycles. The first-order chi connectivity index (χ1) is 8.76. The molecule has 0 aliphatic heterocycles. The van der Waals surface area contributed by atoms with Gasteiger partial charge in [-0.1, -0.05) is 0 Å². The molecule has 0 radical (unpaired) electrons. The number of rotatable bonds is 7. The van der Waals surface area contributed by atoms with Crippen molar-refractivity contribution in [3.63, 3.8) is 0 Å². The zero-order chi connectivity index (χ0) is 15.0. The summed E-state index contributed by atoms with van der Waals surface area (Å²) < 4.78 is 4.37. The Balaban J connectivity index is 4.32. The van der Waals surface area contributed by atoms with E-state index in [9.17, 15) is 14.4 Å². The van der Waals surface area contributed by atoms with Gasteiger partial charge in [-0.3, -0.25) is 4.79 Å². The molecule has 1 unspecified atom stereocenters. The van der Waals surface area contributed by atoms with E-state index in [4.69, 9.17) is 5.11 Å². The van der Waals surface area contributed by atoms with E-state index in [0.29, 0.717) is 6.54 Å². The van der Waals surface area contributed by atoms with E-state index < -0.39 is 30.4 Å². The molecular weight excluding hydrogens is 254 g/mol. The maximum atomic E-state index is 11.6. The van der Waals surface area contributed by atoms with Crippen LogP contribution in [0.1, 0.15) is 13.3 Å². The lowest BCUT2D eigenvalue weighted by Gasteiger charge is -2.20. The van der Waals surface area contributed by atoms with Crippen LogP contribution in [0, 0.1) is 0 Å². The van der Waals surface area contributed by atoms with Crippen molar-refractivity contribution in [1.29, 1.82) is 0 Å². The minimum atomic E-state index is -1.31. The summed E-state index contributed by atoms with van der Waals surface area (Å²) in [6.07, 6.45) is -0.415. The molecule has 0 saturated heterocycles. The summed E-state index contributed by atoms with van der Waals surface area (Å²) in [4.78, 5) is 35.3. The zero-order valence-corrected chi connectivity index (χ0v) is 11.6. The predicted molar refractivity (Wildman–Crippen MR) is 67.7 cm³/mol. The smallest absolute Gasteiger partial charge is 0.326 e. The molecule has 0 bridgehead atoms. The standard InChI is InChI=1S/C11H21N3O5/c1-7(6-14(2)3)12-11(18)13-8(10(16)17)5-9(15)19-4/h7-8H,5-6H2,1-4H3,(H,16,17)(H2,12,13,18)/t7?,8-/m0/s1. The largest absolute Gasteiger partial charge is 0.480 e. The summed E-state index contributed by atoms with van der Waals surface area (Å²) in [5.41, 5.74) is 0. The molecule has 0 saturated carbocycles. The van der Waals surface area contributed by atoms with Crippen molar-refractivity contribution < 1.29 is 24.2 Å². The Kier molecular flexibility index (Phi) is 7.50. The summed E-state index contributed by atoms with van der Waals surface area (Å²) >= 11 is 0. The summed E-state index contributed by atoms with van der Waals surface area (Å²) in [5, 5.41) is 13.7. The highest BCUT2D eigenvalue weighted by Gasteiger charge is 2.24. The van der Waals surface area contributed by atoms with Gasteiger partial charge in [-0.05, 0) is 21.0 Å². The van der Waals surface area contributed by atoms with E-state index >= 15 is 0 Å². The van der Waals surface area contributed by atoms with Gasteiger partial charge in [-0.2, -0.15) is 0 Å². The molecule has 0 rings (SSSR count). The normalized spacial score (nSPS) is 13.5. The number of hydrogen-bond donors (Lipinski definition) is 3. The highest BCUT2D eigenvalue weighted by Crippen LogP contribution is 1.95. The maximum absolute atomic E-state index is 11.6. The molecule has 2 amide bonds. The second-order valence-electron chi connectivity index (χ2n) is 4.45. The fraction of sp³-hybridized carbons (Fsp3) is 0.727. The molecule has 3 N–H and O–H groups in total. The number of methoxy groups -OCH3 is 1. The van der Waals surface area contributed by atoms with Gasteiger partial charge < -0.3 is 25.4 Å². The van der Waals surface area contributed by atoms with E-state index in [-0.39, 0.29) is 6.04 Å². The van der Waals surface area contributed by atoms with Crippen molar-refractivity contribution in [2.45, 2.75) is 25.4 Å². The first kappa shape index (κ1) is 17.2. The number of nitrogens with one attached hydrogen (secondary N) is 2. The average molecular weight is 275 g/mol. The Morgan fingerprint density at radius 1 is 1.26 bits per heavy atom. The van der Waals surface area contributed by atoms with Crippen molar-refractivity contribution in [3.05, 3.63) is 0 Å². The van der Waals surface area contributed by atoms with Crippen molar-refractivity contribution in [2.24, 2.45) is 0 Å². The van der Waals surface area contributed by atoms with E-state index in [1.807, 2.05) is 19.0 Å². The number of ether oxygens (including phenoxy) is 1. The third-order valence-electron chi connectivity index (χ3n) is 2.22. The molecule has 0 spiro atoms. The number of urea groups is 1. The third-order valence-corrected chi connectivity index (χ3v) is 2.22. The number of esters is 1. The molecule has 0 aliphatic rings. The van der Waals surface area contributed by atoms with Crippen LogP contribution >= 0.6 is 0 Å². The van der Waals surface area contributed by atoms with Gasteiger partial charge in [0.1, 0.15) is 6.04 Å². The van der Waals surface area contributed by atoms with Crippen LogP contribution in [0.15, 0.2) is 0 Å². The summed E-state index contributed by atoms with van der Waals surface area (Å²) in [7, 11) is 4.86. The lowest BCUT2D eigenvalue weighted by atomic mass is 10.2. The van der Waals surface area contributed by atoms with E-state index in [1.54, 1.807) is 6.92 Å². The lowest BCUT2D eigenvalue weighted by molar-refractivity contribution is -0.147. The van der Waals surface area contributed by atoms with Crippen LogP contribution in [0.5, 0.6) is 0 Å². The van der Waals surface area contributed by atoms with Gasteiger partial charge in [0, 0.05) is 12.6 Å². The first-order valence-corrected chi connectivity index (χ1v) is 5.77. The third kappa shape index (κ3) is 7.98. The van der Waals surface area contributed by atoms with Crippen molar-refractivity contribution in [1.82, 2.24) is 15.5 Å². The van der Waals surface area contributed by atoms with E-state index in [1.165, 1.54) is 0 Å². The Morgan fingerprint density at radius 2 is 1.84 bits per heavy atom. The Labute approximate surface area is 112 Å². The fourth-order valence-corrected chi connectivity index (χ4v) is 1.47. The van der Waals surface area contributed by atoms with Gasteiger partial charge in [-0.15, -0.1) is 0 Å². The van der Waals surface area contributed by atoms with Crippen molar-refractivity contribution in [2.75, 3.05) is 27.7 Å². The van der Waals surface area contributed by atoms with Gasteiger partial charge in [0.15, 0.2) is 0 Å².